The minimum Gasteiger partial charge on any atom is -0.493 e. The number of esters is 2. The van der Waals surface area contributed by atoms with E-state index < -0.39 is 24.1 Å². The molecule has 0 bridgehead atoms. The van der Waals surface area contributed by atoms with Crippen LogP contribution < -0.4 is 29.1 Å². The summed E-state index contributed by atoms with van der Waals surface area (Å²) in [6, 6.07) is 13.3. The summed E-state index contributed by atoms with van der Waals surface area (Å²) in [5, 5.41) is 0.660. The zero-order valence-electron chi connectivity index (χ0n) is 21.1. The Bertz CT molecular complexity index is 1620. The summed E-state index contributed by atoms with van der Waals surface area (Å²) < 4.78 is 40.3. The number of hydrogen-bond acceptors (Lipinski definition) is 10. The fourth-order valence-corrected chi connectivity index (χ4v) is 4.36. The number of para-hydroxylation sites is 1. The van der Waals surface area contributed by atoms with Crippen molar-refractivity contribution in [2.45, 2.75) is 26.1 Å². The van der Waals surface area contributed by atoms with E-state index in [1.54, 1.807) is 48.5 Å². The molecule has 1 aromatic heterocycles. The van der Waals surface area contributed by atoms with Crippen molar-refractivity contribution in [1.29, 1.82) is 0 Å². The highest BCUT2D eigenvalue weighted by Crippen LogP contribution is 2.50. The summed E-state index contributed by atoms with van der Waals surface area (Å²) in [7, 11) is 2.89. The highest BCUT2D eigenvalue weighted by molar-refractivity contribution is 5.95. The van der Waals surface area contributed by atoms with Crippen LogP contribution in [0.1, 0.15) is 25.5 Å². The molecular weight excluding hydrogens is 496 g/mol. The van der Waals surface area contributed by atoms with Crippen molar-refractivity contribution in [1.82, 2.24) is 0 Å². The van der Waals surface area contributed by atoms with Crippen LogP contribution in [0.2, 0.25) is 0 Å². The maximum atomic E-state index is 13.3. The second-order valence-electron chi connectivity index (χ2n) is 8.54. The molecule has 0 aliphatic carbocycles. The molecule has 0 N–H and O–H groups in total. The lowest BCUT2D eigenvalue weighted by molar-refractivity contribution is -0.145. The van der Waals surface area contributed by atoms with Gasteiger partial charge in [-0.15, -0.1) is 0 Å². The predicted octanol–water partition coefficient (Wildman–Crippen LogP) is 4.33. The summed E-state index contributed by atoms with van der Waals surface area (Å²) >= 11 is 0. The van der Waals surface area contributed by atoms with Crippen molar-refractivity contribution in [3.8, 4) is 28.7 Å². The Hall–Kier alpha value is -4.73. The monoisotopic (exact) mass is 520 g/mol. The number of carbonyl (C=O) groups is 2. The molecule has 38 heavy (non-hydrogen) atoms. The topological polar surface area (TPSA) is 120 Å². The van der Waals surface area contributed by atoms with Crippen LogP contribution in [0.5, 0.6) is 28.7 Å². The highest BCUT2D eigenvalue weighted by Gasteiger charge is 2.38. The Labute approximate surface area is 216 Å². The Morgan fingerprint density at radius 1 is 0.842 bits per heavy atom. The quantitative estimate of drug-likeness (QED) is 0.206. The molecule has 0 saturated carbocycles. The molecule has 10 nitrogen and oxygen atoms in total. The molecule has 1 aliphatic heterocycles. The first kappa shape index (κ1) is 24.9. The SMILES string of the molecule is COc1cc([C@@H]2Oc3c(OC)cc4c(=O)c5ccccc5oc4c3O[C@H]2COC(C)=O)ccc1OC(C)=O. The molecule has 0 fully saturated rings. The van der Waals surface area contributed by atoms with E-state index in [0.717, 1.165) is 0 Å². The number of methoxy groups -OCH3 is 2. The molecule has 3 aromatic carbocycles. The smallest absolute Gasteiger partial charge is 0.308 e. The second-order valence-corrected chi connectivity index (χ2v) is 8.54. The molecule has 4 aromatic rings. The average Bonchev–Trinajstić information content (AvgIpc) is 2.91. The standard InChI is InChI=1S/C28H24O10/c1-14(29)34-13-23-25(16-9-10-20(35-15(2)30)21(11-16)32-3)38-27-22(33-4)12-18-24(31)17-7-5-6-8-19(17)36-26(18)28(27)37-23/h5-12,23,25H,13H2,1-4H3/t23-,25-/m0/s1. The first-order valence-corrected chi connectivity index (χ1v) is 11.7. The van der Waals surface area contributed by atoms with Crippen molar-refractivity contribution in [2.75, 3.05) is 20.8 Å². The van der Waals surface area contributed by atoms with E-state index in [1.807, 2.05) is 0 Å². The van der Waals surface area contributed by atoms with E-state index in [4.69, 9.17) is 32.8 Å². The maximum absolute atomic E-state index is 13.3. The van der Waals surface area contributed by atoms with Gasteiger partial charge in [-0.2, -0.15) is 0 Å². The second kappa shape index (κ2) is 9.97. The molecule has 0 spiro atoms. The number of carbonyl (C=O) groups excluding carboxylic acids is 2. The Morgan fingerprint density at radius 2 is 1.61 bits per heavy atom. The van der Waals surface area contributed by atoms with Gasteiger partial charge in [0.15, 0.2) is 35.0 Å². The first-order chi connectivity index (χ1) is 18.3. The zero-order valence-corrected chi connectivity index (χ0v) is 21.1. The van der Waals surface area contributed by atoms with Gasteiger partial charge in [-0.1, -0.05) is 18.2 Å². The van der Waals surface area contributed by atoms with Crippen molar-refractivity contribution < 1.29 is 42.4 Å². The molecule has 0 amide bonds. The van der Waals surface area contributed by atoms with Gasteiger partial charge in [0.05, 0.1) is 25.0 Å². The molecule has 0 unspecified atom stereocenters. The van der Waals surface area contributed by atoms with Gasteiger partial charge in [0, 0.05) is 19.4 Å². The summed E-state index contributed by atoms with van der Waals surface area (Å²) in [5.74, 6) is 0.143. The van der Waals surface area contributed by atoms with E-state index >= 15 is 0 Å². The third-order valence-corrected chi connectivity index (χ3v) is 6.04. The van der Waals surface area contributed by atoms with Crippen LogP contribution in [0, 0.1) is 0 Å². The van der Waals surface area contributed by atoms with E-state index in [2.05, 4.69) is 0 Å². The summed E-state index contributed by atoms with van der Waals surface area (Å²) in [5.41, 5.74) is 0.891. The molecule has 5 rings (SSSR count). The lowest BCUT2D eigenvalue weighted by atomic mass is 10.0. The largest absolute Gasteiger partial charge is 0.493 e. The minimum absolute atomic E-state index is 0.152. The fraction of sp³-hybridized carbons (Fsp3) is 0.250. The Morgan fingerprint density at radius 3 is 2.32 bits per heavy atom. The van der Waals surface area contributed by atoms with Crippen molar-refractivity contribution in [3.63, 3.8) is 0 Å². The highest BCUT2D eigenvalue weighted by atomic mass is 16.6. The summed E-state index contributed by atoms with van der Waals surface area (Å²) in [4.78, 5) is 36.4. The van der Waals surface area contributed by atoms with Crippen LogP contribution in [0.4, 0.5) is 0 Å². The number of ether oxygens (including phenoxy) is 6. The first-order valence-electron chi connectivity index (χ1n) is 11.7. The molecule has 0 saturated heterocycles. The number of fused-ring (bicyclic) bond motifs is 4. The van der Waals surface area contributed by atoms with E-state index in [1.165, 1.54) is 28.1 Å². The minimum atomic E-state index is -0.845. The van der Waals surface area contributed by atoms with Crippen LogP contribution in [0.3, 0.4) is 0 Å². The van der Waals surface area contributed by atoms with Gasteiger partial charge >= 0.3 is 11.9 Å². The third-order valence-electron chi connectivity index (χ3n) is 6.04. The summed E-state index contributed by atoms with van der Waals surface area (Å²) in [6.07, 6.45) is -1.65. The summed E-state index contributed by atoms with van der Waals surface area (Å²) in [6.45, 7) is 2.41. The number of hydrogen-bond donors (Lipinski definition) is 0. The van der Waals surface area contributed by atoms with Crippen molar-refractivity contribution >= 4 is 33.9 Å². The van der Waals surface area contributed by atoms with E-state index in [-0.39, 0.29) is 46.0 Å². The van der Waals surface area contributed by atoms with Crippen LogP contribution >= 0.6 is 0 Å². The molecule has 2 atom stereocenters. The maximum Gasteiger partial charge on any atom is 0.308 e. The predicted molar refractivity (Wildman–Crippen MR) is 135 cm³/mol. The van der Waals surface area contributed by atoms with Crippen LogP contribution in [-0.2, 0) is 14.3 Å². The van der Waals surface area contributed by atoms with E-state index in [9.17, 15) is 14.4 Å². The Kier molecular flexibility index (Phi) is 6.54. The van der Waals surface area contributed by atoms with Crippen LogP contribution in [0.15, 0.2) is 57.7 Å². The van der Waals surface area contributed by atoms with Crippen LogP contribution in [-0.4, -0.2) is 38.9 Å². The average molecular weight is 520 g/mol. The van der Waals surface area contributed by atoms with Gasteiger partial charge in [-0.3, -0.25) is 14.4 Å². The van der Waals surface area contributed by atoms with Crippen molar-refractivity contribution in [3.05, 3.63) is 64.3 Å². The molecule has 0 radical (unpaired) electrons. The number of rotatable bonds is 6. The third kappa shape index (κ3) is 4.45. The van der Waals surface area contributed by atoms with Gasteiger partial charge < -0.3 is 32.8 Å². The molecule has 196 valence electrons. The van der Waals surface area contributed by atoms with Crippen LogP contribution in [0.25, 0.3) is 21.9 Å². The zero-order chi connectivity index (χ0) is 27.0. The normalized spacial score (nSPS) is 16.2. The van der Waals surface area contributed by atoms with Gasteiger partial charge in [0.25, 0.3) is 0 Å². The lowest BCUT2D eigenvalue weighted by Gasteiger charge is -2.34. The molecule has 10 heteroatoms. The number of benzene rings is 3. The fourth-order valence-electron chi connectivity index (χ4n) is 4.36. The Balaban J connectivity index is 1.67. The molecular formula is C28H24O10. The van der Waals surface area contributed by atoms with Gasteiger partial charge in [0.1, 0.15) is 12.2 Å². The van der Waals surface area contributed by atoms with E-state index in [0.29, 0.717) is 22.3 Å². The molecule has 1 aliphatic rings. The van der Waals surface area contributed by atoms with Gasteiger partial charge in [-0.05, 0) is 30.3 Å². The molecule has 2 heterocycles. The van der Waals surface area contributed by atoms with Gasteiger partial charge in [-0.25, -0.2) is 0 Å². The lowest BCUT2D eigenvalue weighted by Crippen LogP contribution is -2.37. The van der Waals surface area contributed by atoms with Crippen molar-refractivity contribution in [2.24, 2.45) is 0 Å². The van der Waals surface area contributed by atoms with Gasteiger partial charge in [0.2, 0.25) is 16.9 Å².